The van der Waals surface area contributed by atoms with E-state index in [0.29, 0.717) is 0 Å². The smallest absolute Gasteiger partial charge is 0.407 e. The van der Waals surface area contributed by atoms with E-state index in [9.17, 15) is 13.2 Å². The first-order chi connectivity index (χ1) is 6.98. The molecule has 7 heteroatoms. The third-order valence-electron chi connectivity index (χ3n) is 2.18. The van der Waals surface area contributed by atoms with Crippen LogP contribution in [0.25, 0.3) is 0 Å². The first-order valence-electron chi connectivity index (χ1n) is 4.65. The largest absolute Gasteiger partial charge is 0.450 e. The first kappa shape index (κ1) is 12.6. The number of hydrogen-bond donors (Lipinski definition) is 1. The predicted octanol–water partition coefficient (Wildman–Crippen LogP) is 0.261. The zero-order valence-electron chi connectivity index (χ0n) is 8.73. The van der Waals surface area contributed by atoms with Gasteiger partial charge in [0.2, 0.25) is 0 Å². The average Bonchev–Trinajstić information content (AvgIpc) is 2.40. The molecule has 15 heavy (non-hydrogen) atoms. The topological polar surface area (TPSA) is 72.5 Å². The Balaban J connectivity index is 2.58. The van der Waals surface area contributed by atoms with Gasteiger partial charge in [-0.25, -0.2) is 13.2 Å². The minimum atomic E-state index is -3.01. The van der Waals surface area contributed by atoms with Crippen molar-refractivity contribution < 1.29 is 17.9 Å². The van der Waals surface area contributed by atoms with Crippen LogP contribution in [0, 0.1) is 0 Å². The minimum Gasteiger partial charge on any atom is -0.450 e. The Kier molecular flexibility index (Phi) is 4.27. The molecule has 0 saturated carbocycles. The molecule has 1 rings (SSSR count). The second-order valence-corrected chi connectivity index (χ2v) is 6.55. The summed E-state index contributed by atoms with van der Waals surface area (Å²) in [6, 6.07) is -0.330. The maximum absolute atomic E-state index is 11.3. The molecule has 1 amide bonds. The highest BCUT2D eigenvalue weighted by Crippen LogP contribution is 2.22. The van der Waals surface area contributed by atoms with E-state index >= 15 is 0 Å². The fraction of sp³-hybridized carbons (Fsp3) is 0.875. The maximum atomic E-state index is 11.3. The van der Waals surface area contributed by atoms with Gasteiger partial charge in [0.15, 0.2) is 9.84 Å². The summed E-state index contributed by atoms with van der Waals surface area (Å²) in [4.78, 5) is 11.1. The summed E-state index contributed by atoms with van der Waals surface area (Å²) in [6.45, 7) is 1.99. The van der Waals surface area contributed by atoms with Crippen molar-refractivity contribution in [1.29, 1.82) is 0 Å². The Morgan fingerprint density at radius 3 is 2.73 bits per heavy atom. The zero-order valence-corrected chi connectivity index (χ0v) is 10.4. The highest BCUT2D eigenvalue weighted by molar-refractivity contribution is 8.01. The van der Waals surface area contributed by atoms with Gasteiger partial charge in [-0.1, -0.05) is 0 Å². The van der Waals surface area contributed by atoms with E-state index in [0.717, 1.165) is 0 Å². The van der Waals surface area contributed by atoms with Gasteiger partial charge in [0, 0.05) is 5.25 Å². The summed E-state index contributed by atoms with van der Waals surface area (Å²) in [5.41, 5.74) is 0. The van der Waals surface area contributed by atoms with Crippen LogP contribution in [0.15, 0.2) is 0 Å². The van der Waals surface area contributed by atoms with Gasteiger partial charge in [-0.2, -0.15) is 11.8 Å². The molecule has 2 atom stereocenters. The molecule has 0 radical (unpaired) electrons. The molecule has 5 nitrogen and oxygen atoms in total. The van der Waals surface area contributed by atoms with Crippen molar-refractivity contribution >= 4 is 27.7 Å². The Hall–Kier alpha value is -0.430. The van der Waals surface area contributed by atoms with E-state index in [1.165, 1.54) is 11.8 Å². The van der Waals surface area contributed by atoms with E-state index in [2.05, 4.69) is 5.32 Å². The minimum absolute atomic E-state index is 0.0112. The lowest BCUT2D eigenvalue weighted by Gasteiger charge is -2.16. The second-order valence-electron chi connectivity index (χ2n) is 3.32. The molecule has 1 aliphatic heterocycles. The van der Waals surface area contributed by atoms with Crippen molar-refractivity contribution in [2.75, 3.05) is 24.4 Å². The van der Waals surface area contributed by atoms with E-state index in [4.69, 9.17) is 4.74 Å². The number of alkyl carbamates (subject to hydrolysis) is 1. The number of carbonyl (C=O) groups excluding carboxylic acids is 1. The molecule has 1 fully saturated rings. The van der Waals surface area contributed by atoms with Crippen molar-refractivity contribution in [3.63, 3.8) is 0 Å². The van der Waals surface area contributed by atoms with E-state index < -0.39 is 15.9 Å². The van der Waals surface area contributed by atoms with Crippen LogP contribution in [0.4, 0.5) is 4.79 Å². The van der Waals surface area contributed by atoms with Crippen molar-refractivity contribution in [2.24, 2.45) is 0 Å². The monoisotopic (exact) mass is 253 g/mol. The van der Waals surface area contributed by atoms with Gasteiger partial charge in [-0.15, -0.1) is 0 Å². The number of thioether (sulfide) groups is 1. The predicted molar refractivity (Wildman–Crippen MR) is 59.9 cm³/mol. The quantitative estimate of drug-likeness (QED) is 0.781. The molecule has 1 saturated heterocycles. The lowest BCUT2D eigenvalue weighted by molar-refractivity contribution is 0.149. The van der Waals surface area contributed by atoms with Crippen LogP contribution in [0.3, 0.4) is 0 Å². The Labute approximate surface area is 93.9 Å². The van der Waals surface area contributed by atoms with E-state index in [1.54, 1.807) is 6.92 Å². The van der Waals surface area contributed by atoms with E-state index in [1.807, 2.05) is 6.26 Å². The fourth-order valence-corrected chi connectivity index (χ4v) is 5.02. The molecular formula is C8H15NO4S2. The highest BCUT2D eigenvalue weighted by Gasteiger charge is 2.38. The van der Waals surface area contributed by atoms with Crippen molar-refractivity contribution in [2.45, 2.75) is 18.2 Å². The lowest BCUT2D eigenvalue weighted by Crippen LogP contribution is -2.41. The van der Waals surface area contributed by atoms with Crippen LogP contribution < -0.4 is 5.32 Å². The van der Waals surface area contributed by atoms with Crippen molar-refractivity contribution in [1.82, 2.24) is 5.32 Å². The van der Waals surface area contributed by atoms with Gasteiger partial charge in [-0.05, 0) is 13.2 Å². The molecule has 88 valence electrons. The van der Waals surface area contributed by atoms with Gasteiger partial charge < -0.3 is 10.1 Å². The third-order valence-corrected chi connectivity index (χ3v) is 5.23. The summed E-state index contributed by atoms with van der Waals surface area (Å²) in [5, 5.41) is 2.51. The maximum Gasteiger partial charge on any atom is 0.407 e. The fourth-order valence-electron chi connectivity index (χ4n) is 1.51. The van der Waals surface area contributed by atoms with Gasteiger partial charge in [0.1, 0.15) is 0 Å². The molecule has 0 aromatic heterocycles. The summed E-state index contributed by atoms with van der Waals surface area (Å²) in [6.07, 6.45) is 1.30. The SMILES string of the molecule is CCOC(=O)NC1CS(=O)(=O)CC1SC. The molecular weight excluding hydrogens is 238 g/mol. The lowest BCUT2D eigenvalue weighted by atomic mass is 10.2. The molecule has 1 heterocycles. The molecule has 0 bridgehead atoms. The van der Waals surface area contributed by atoms with Gasteiger partial charge in [-0.3, -0.25) is 0 Å². The third kappa shape index (κ3) is 3.57. The number of sulfone groups is 1. The Morgan fingerprint density at radius 1 is 1.53 bits per heavy atom. The standard InChI is InChI=1S/C8H15NO4S2/c1-3-13-8(10)9-6-4-15(11,12)5-7(6)14-2/h6-7H,3-5H2,1-2H3,(H,9,10). The van der Waals surface area contributed by atoms with Crippen LogP contribution in [0.2, 0.25) is 0 Å². The first-order valence-corrected chi connectivity index (χ1v) is 7.76. The van der Waals surface area contributed by atoms with E-state index in [-0.39, 0.29) is 29.4 Å². The molecule has 1 aliphatic rings. The van der Waals surface area contributed by atoms with Gasteiger partial charge >= 0.3 is 6.09 Å². The normalized spacial score (nSPS) is 28.7. The summed E-state index contributed by atoms with van der Waals surface area (Å²) >= 11 is 1.45. The number of carbonyl (C=O) groups is 1. The Bertz CT molecular complexity index is 328. The highest BCUT2D eigenvalue weighted by atomic mass is 32.2. The molecule has 0 aliphatic carbocycles. The summed E-state index contributed by atoms with van der Waals surface area (Å²) in [7, 11) is -3.01. The number of amides is 1. The number of hydrogen-bond acceptors (Lipinski definition) is 5. The number of ether oxygens (including phenoxy) is 1. The van der Waals surface area contributed by atoms with Gasteiger partial charge in [0.25, 0.3) is 0 Å². The van der Waals surface area contributed by atoms with Crippen LogP contribution in [-0.4, -0.2) is 50.2 Å². The van der Waals surface area contributed by atoms with Crippen LogP contribution in [0.1, 0.15) is 6.92 Å². The van der Waals surface area contributed by atoms with Crippen molar-refractivity contribution in [3.05, 3.63) is 0 Å². The molecule has 0 spiro atoms. The van der Waals surface area contributed by atoms with Gasteiger partial charge in [0.05, 0.1) is 24.2 Å². The second kappa shape index (κ2) is 5.07. The average molecular weight is 253 g/mol. The molecule has 2 unspecified atom stereocenters. The van der Waals surface area contributed by atoms with Crippen LogP contribution in [0.5, 0.6) is 0 Å². The zero-order chi connectivity index (χ0) is 11.5. The molecule has 0 aromatic carbocycles. The molecule has 1 N–H and O–H groups in total. The Morgan fingerprint density at radius 2 is 2.20 bits per heavy atom. The summed E-state index contributed by atoms with van der Waals surface area (Å²) in [5.74, 6) is 0.141. The summed E-state index contributed by atoms with van der Waals surface area (Å²) < 4.78 is 27.4. The van der Waals surface area contributed by atoms with Crippen LogP contribution in [-0.2, 0) is 14.6 Å². The number of rotatable bonds is 3. The van der Waals surface area contributed by atoms with Crippen molar-refractivity contribution in [3.8, 4) is 0 Å². The number of nitrogens with one attached hydrogen (secondary N) is 1. The molecule has 0 aromatic rings. The van der Waals surface area contributed by atoms with Crippen LogP contribution >= 0.6 is 11.8 Å².